The monoisotopic (exact) mass is 215 g/mol. The third-order valence-corrected chi connectivity index (χ3v) is 2.20. The molecule has 1 aromatic carbocycles. The molecule has 0 bridgehead atoms. The Morgan fingerprint density at radius 3 is 2.33 bits per heavy atom. The highest BCUT2D eigenvalue weighted by Gasteiger charge is 2.50. The van der Waals surface area contributed by atoms with Gasteiger partial charge in [-0.15, -0.1) is 0 Å². The van der Waals surface area contributed by atoms with E-state index in [2.05, 4.69) is 4.74 Å². The van der Waals surface area contributed by atoms with E-state index in [1.54, 1.807) is 0 Å². The predicted octanol–water partition coefficient (Wildman–Crippen LogP) is 2.09. The Balaban J connectivity index is 2.26. The molecule has 1 heterocycles. The fourth-order valence-corrected chi connectivity index (χ4v) is 1.25. The number of nitro benzene ring substituents is 1. The predicted molar refractivity (Wildman–Crippen MR) is 46.7 cm³/mol. The highest BCUT2D eigenvalue weighted by Crippen LogP contribution is 2.39. The molecule has 1 aromatic rings. The van der Waals surface area contributed by atoms with Crippen molar-refractivity contribution in [1.29, 1.82) is 0 Å². The van der Waals surface area contributed by atoms with Gasteiger partial charge in [-0.2, -0.15) is 8.78 Å². The first-order chi connectivity index (χ1) is 7.01. The number of alkyl halides is 2. The molecule has 80 valence electrons. The minimum absolute atomic E-state index is 0.0317. The molecule has 15 heavy (non-hydrogen) atoms. The number of epoxide rings is 1. The molecular formula is C9H7F2NO3. The van der Waals surface area contributed by atoms with Gasteiger partial charge in [0.1, 0.15) is 6.10 Å². The number of nitro groups is 1. The first-order valence-electron chi connectivity index (χ1n) is 4.26. The number of non-ortho nitro benzene ring substituents is 1. The molecule has 0 unspecified atom stereocenters. The summed E-state index contributed by atoms with van der Waals surface area (Å²) in [6, 6.07) is 4.23. The molecule has 2 rings (SSSR count). The zero-order valence-corrected chi connectivity index (χ0v) is 7.52. The van der Waals surface area contributed by atoms with Crippen LogP contribution in [0.2, 0.25) is 0 Å². The summed E-state index contributed by atoms with van der Waals surface area (Å²) in [6.45, 7) is 0.0317. The van der Waals surface area contributed by atoms with Crippen LogP contribution in [0.5, 0.6) is 0 Å². The highest BCUT2D eigenvalue weighted by molar-refractivity contribution is 5.35. The maximum Gasteiger partial charge on any atom is 0.301 e. The molecule has 6 heteroatoms. The van der Waals surface area contributed by atoms with Crippen molar-refractivity contribution in [3.63, 3.8) is 0 Å². The molecule has 0 spiro atoms. The average molecular weight is 215 g/mol. The Bertz CT molecular complexity index is 387. The van der Waals surface area contributed by atoms with E-state index >= 15 is 0 Å². The van der Waals surface area contributed by atoms with Gasteiger partial charge >= 0.3 is 5.92 Å². The van der Waals surface area contributed by atoms with Gasteiger partial charge in [-0.3, -0.25) is 10.1 Å². The fraction of sp³-hybridized carbons (Fsp3) is 0.333. The van der Waals surface area contributed by atoms with Crippen LogP contribution < -0.4 is 0 Å². The molecule has 0 amide bonds. The quantitative estimate of drug-likeness (QED) is 0.440. The van der Waals surface area contributed by atoms with E-state index in [9.17, 15) is 18.9 Å². The molecule has 1 aliphatic rings. The van der Waals surface area contributed by atoms with Gasteiger partial charge in [0.15, 0.2) is 0 Å². The van der Waals surface area contributed by atoms with Gasteiger partial charge in [-0.25, -0.2) is 0 Å². The van der Waals surface area contributed by atoms with E-state index in [1.165, 1.54) is 0 Å². The minimum atomic E-state index is -3.06. The summed E-state index contributed by atoms with van der Waals surface area (Å²) in [6.07, 6.45) is -1.08. The maximum absolute atomic E-state index is 13.4. The van der Waals surface area contributed by atoms with E-state index < -0.39 is 16.9 Å². The SMILES string of the molecule is O=[N+]([O-])c1ccc(C(F)(F)[C@@H]2CO2)cc1. The zero-order valence-electron chi connectivity index (χ0n) is 7.52. The van der Waals surface area contributed by atoms with Crippen LogP contribution in [0, 0.1) is 10.1 Å². The second kappa shape index (κ2) is 3.23. The number of benzene rings is 1. The van der Waals surface area contributed by atoms with Crippen LogP contribution in [0.4, 0.5) is 14.5 Å². The summed E-state index contributed by atoms with van der Waals surface area (Å²) in [5.74, 6) is -3.06. The van der Waals surface area contributed by atoms with Gasteiger partial charge in [0, 0.05) is 17.7 Å². The summed E-state index contributed by atoms with van der Waals surface area (Å²) in [7, 11) is 0. The van der Waals surface area contributed by atoms with Crippen molar-refractivity contribution < 1.29 is 18.4 Å². The van der Waals surface area contributed by atoms with Crippen LogP contribution in [0.1, 0.15) is 5.56 Å². The minimum Gasteiger partial charge on any atom is -0.366 e. The Morgan fingerprint density at radius 1 is 1.40 bits per heavy atom. The van der Waals surface area contributed by atoms with Gasteiger partial charge in [-0.05, 0) is 12.1 Å². The summed E-state index contributed by atoms with van der Waals surface area (Å²) >= 11 is 0. The molecule has 0 saturated carbocycles. The molecular weight excluding hydrogens is 208 g/mol. The number of ether oxygens (including phenoxy) is 1. The number of rotatable bonds is 3. The van der Waals surface area contributed by atoms with Crippen molar-refractivity contribution in [3.05, 3.63) is 39.9 Å². The van der Waals surface area contributed by atoms with Gasteiger partial charge in [0.25, 0.3) is 5.69 Å². The van der Waals surface area contributed by atoms with Crippen molar-refractivity contribution in [2.45, 2.75) is 12.0 Å². The van der Waals surface area contributed by atoms with Crippen LogP contribution in [-0.4, -0.2) is 17.6 Å². The van der Waals surface area contributed by atoms with Gasteiger partial charge < -0.3 is 4.74 Å². The normalized spacial score (nSPS) is 20.0. The topological polar surface area (TPSA) is 55.7 Å². The third kappa shape index (κ3) is 1.80. The average Bonchev–Trinajstić information content (AvgIpc) is 3.01. The number of nitrogens with zero attached hydrogens (tertiary/aromatic N) is 1. The number of halogens is 2. The lowest BCUT2D eigenvalue weighted by Gasteiger charge is -2.13. The molecule has 1 atom stereocenters. The van der Waals surface area contributed by atoms with E-state index in [1.807, 2.05) is 0 Å². The Kier molecular flexibility index (Phi) is 2.15. The molecule has 4 nitrogen and oxygen atoms in total. The maximum atomic E-state index is 13.4. The molecule has 1 aliphatic heterocycles. The summed E-state index contributed by atoms with van der Waals surface area (Å²) < 4.78 is 31.3. The fourth-order valence-electron chi connectivity index (χ4n) is 1.25. The lowest BCUT2D eigenvalue weighted by molar-refractivity contribution is -0.384. The van der Waals surface area contributed by atoms with Gasteiger partial charge in [-0.1, -0.05) is 0 Å². The third-order valence-electron chi connectivity index (χ3n) is 2.20. The van der Waals surface area contributed by atoms with Crippen LogP contribution >= 0.6 is 0 Å². The molecule has 1 fully saturated rings. The lowest BCUT2D eigenvalue weighted by atomic mass is 10.1. The Labute approximate surface area is 83.6 Å². The van der Waals surface area contributed by atoms with Crippen LogP contribution in [0.15, 0.2) is 24.3 Å². The van der Waals surface area contributed by atoms with Crippen LogP contribution in [-0.2, 0) is 10.7 Å². The lowest BCUT2D eigenvalue weighted by Crippen LogP contribution is -2.20. The molecule has 0 aliphatic carbocycles. The zero-order chi connectivity index (χ0) is 11.1. The van der Waals surface area contributed by atoms with E-state index in [0.717, 1.165) is 24.3 Å². The standard InChI is InChI=1S/C9H7F2NO3/c10-9(11,8-5-15-8)6-1-3-7(4-2-6)12(13)14/h1-4,8H,5H2/t8-/m0/s1. The van der Waals surface area contributed by atoms with Gasteiger partial charge in [0.2, 0.25) is 0 Å². The van der Waals surface area contributed by atoms with Crippen molar-refractivity contribution in [1.82, 2.24) is 0 Å². The second-order valence-electron chi connectivity index (χ2n) is 3.25. The smallest absolute Gasteiger partial charge is 0.301 e. The first-order valence-corrected chi connectivity index (χ1v) is 4.26. The van der Waals surface area contributed by atoms with Gasteiger partial charge in [0.05, 0.1) is 11.5 Å². The Hall–Kier alpha value is -1.56. The molecule has 1 saturated heterocycles. The summed E-state index contributed by atoms with van der Waals surface area (Å²) in [4.78, 5) is 9.67. The van der Waals surface area contributed by atoms with Crippen molar-refractivity contribution in [2.24, 2.45) is 0 Å². The van der Waals surface area contributed by atoms with Crippen molar-refractivity contribution in [2.75, 3.05) is 6.61 Å². The van der Waals surface area contributed by atoms with Crippen molar-refractivity contribution >= 4 is 5.69 Å². The molecule has 0 N–H and O–H groups in total. The Morgan fingerprint density at radius 2 is 1.93 bits per heavy atom. The van der Waals surface area contributed by atoms with Crippen molar-refractivity contribution in [3.8, 4) is 0 Å². The van der Waals surface area contributed by atoms with Crippen LogP contribution in [0.3, 0.4) is 0 Å². The summed E-state index contributed by atoms with van der Waals surface area (Å²) in [5, 5.41) is 10.3. The van der Waals surface area contributed by atoms with E-state index in [0.29, 0.717) is 0 Å². The molecule has 0 aromatic heterocycles. The van der Waals surface area contributed by atoms with E-state index in [-0.39, 0.29) is 17.9 Å². The van der Waals surface area contributed by atoms with Crippen LogP contribution in [0.25, 0.3) is 0 Å². The molecule has 0 radical (unpaired) electrons. The largest absolute Gasteiger partial charge is 0.366 e. The first kappa shape index (κ1) is 9.97. The summed E-state index contributed by atoms with van der Waals surface area (Å²) in [5.41, 5.74) is -0.457. The van der Waals surface area contributed by atoms with E-state index in [4.69, 9.17) is 0 Å². The highest BCUT2D eigenvalue weighted by atomic mass is 19.3. The number of hydrogen-bond acceptors (Lipinski definition) is 3. The second-order valence-corrected chi connectivity index (χ2v) is 3.25. The number of hydrogen-bond donors (Lipinski definition) is 0.